The third-order valence-corrected chi connectivity index (χ3v) is 13.1. The molecule has 280 valence electrons. The summed E-state index contributed by atoms with van der Waals surface area (Å²) in [6.07, 6.45) is 9.13. The SMILES string of the molecule is CCCc1ccccc1N(C)c1ccc2c(c1)C1(c3ccccc3-c3ccccc31)c1cc(/C=C/c3ccc(N4CCCc5ccccc54)c4ccccc34)ccc1-2. The molecule has 0 amide bonds. The Morgan fingerprint density at radius 1 is 0.569 bits per heavy atom. The Labute approximate surface area is 342 Å². The summed E-state index contributed by atoms with van der Waals surface area (Å²) >= 11 is 0. The summed E-state index contributed by atoms with van der Waals surface area (Å²) in [4.78, 5) is 4.92. The van der Waals surface area contributed by atoms with Crippen LogP contribution in [0.3, 0.4) is 0 Å². The van der Waals surface area contributed by atoms with Gasteiger partial charge in [-0.05, 0) is 128 Å². The molecule has 0 atom stereocenters. The van der Waals surface area contributed by atoms with Crippen molar-refractivity contribution < 1.29 is 0 Å². The Morgan fingerprint density at radius 3 is 2.03 bits per heavy atom. The highest BCUT2D eigenvalue weighted by molar-refractivity contribution is 6.02. The van der Waals surface area contributed by atoms with E-state index in [4.69, 9.17) is 0 Å². The molecule has 2 aliphatic carbocycles. The summed E-state index contributed by atoms with van der Waals surface area (Å²) in [5, 5.41) is 2.57. The van der Waals surface area contributed by atoms with Gasteiger partial charge in [-0.2, -0.15) is 0 Å². The molecule has 3 aliphatic rings. The first kappa shape index (κ1) is 34.6. The topological polar surface area (TPSA) is 6.48 Å². The summed E-state index contributed by atoms with van der Waals surface area (Å²) in [5.41, 5.74) is 20.7. The Balaban J connectivity index is 1.04. The molecule has 8 aromatic rings. The maximum Gasteiger partial charge on any atom is 0.0726 e. The van der Waals surface area contributed by atoms with Crippen LogP contribution in [0, 0.1) is 0 Å². The Hall–Kier alpha value is -6.64. The number of benzene rings is 8. The molecule has 2 nitrogen and oxygen atoms in total. The molecule has 0 radical (unpaired) electrons. The highest BCUT2D eigenvalue weighted by Gasteiger charge is 2.51. The smallest absolute Gasteiger partial charge is 0.0726 e. The zero-order chi connectivity index (χ0) is 38.8. The van der Waals surface area contributed by atoms with E-state index < -0.39 is 5.41 Å². The van der Waals surface area contributed by atoms with Crippen LogP contribution in [0.5, 0.6) is 0 Å². The number of rotatable bonds is 7. The van der Waals surface area contributed by atoms with Gasteiger partial charge in [0.2, 0.25) is 0 Å². The normalized spacial score (nSPS) is 14.3. The van der Waals surface area contributed by atoms with E-state index in [1.165, 1.54) is 100 Å². The van der Waals surface area contributed by atoms with Crippen LogP contribution in [0.25, 0.3) is 45.2 Å². The van der Waals surface area contributed by atoms with Crippen LogP contribution in [0.4, 0.5) is 22.7 Å². The van der Waals surface area contributed by atoms with Gasteiger partial charge in [-0.25, -0.2) is 0 Å². The van der Waals surface area contributed by atoms with Crippen molar-refractivity contribution in [3.8, 4) is 22.3 Å². The molecule has 1 aliphatic heterocycles. The number of fused-ring (bicyclic) bond motifs is 12. The minimum Gasteiger partial charge on any atom is -0.344 e. The van der Waals surface area contributed by atoms with Crippen molar-refractivity contribution in [2.45, 2.75) is 38.0 Å². The molecule has 0 N–H and O–H groups in total. The first-order valence-electron chi connectivity index (χ1n) is 21.0. The first-order chi connectivity index (χ1) is 28.6. The van der Waals surface area contributed by atoms with Gasteiger partial charge in [0.05, 0.1) is 5.41 Å². The molecule has 1 spiro atoms. The monoisotopic (exact) mass is 746 g/mol. The van der Waals surface area contributed by atoms with Gasteiger partial charge in [0, 0.05) is 41.7 Å². The Morgan fingerprint density at radius 2 is 1.22 bits per heavy atom. The van der Waals surface area contributed by atoms with Gasteiger partial charge in [-0.1, -0.05) is 159 Å². The van der Waals surface area contributed by atoms with E-state index in [2.05, 4.69) is 206 Å². The molecule has 2 heteroatoms. The Bertz CT molecular complexity index is 2890. The largest absolute Gasteiger partial charge is 0.344 e. The van der Waals surface area contributed by atoms with Gasteiger partial charge in [0.25, 0.3) is 0 Å². The van der Waals surface area contributed by atoms with Crippen molar-refractivity contribution in [3.05, 3.63) is 214 Å². The van der Waals surface area contributed by atoms with Gasteiger partial charge in [0.1, 0.15) is 0 Å². The van der Waals surface area contributed by atoms with Crippen LogP contribution in [0.15, 0.2) is 170 Å². The van der Waals surface area contributed by atoms with E-state index >= 15 is 0 Å². The number of anilines is 4. The average Bonchev–Trinajstić information content (AvgIpc) is 3.75. The first-order valence-corrected chi connectivity index (χ1v) is 21.0. The maximum absolute atomic E-state index is 2.52. The lowest BCUT2D eigenvalue weighted by Gasteiger charge is -2.32. The van der Waals surface area contributed by atoms with Gasteiger partial charge < -0.3 is 9.80 Å². The molecule has 8 aromatic carbocycles. The highest BCUT2D eigenvalue weighted by Crippen LogP contribution is 2.63. The molecule has 0 fully saturated rings. The minimum atomic E-state index is -0.430. The lowest BCUT2D eigenvalue weighted by molar-refractivity contribution is 0.768. The van der Waals surface area contributed by atoms with Crippen molar-refractivity contribution in [2.24, 2.45) is 0 Å². The fraction of sp³-hybridized carbons (Fsp3) is 0.143. The fourth-order valence-electron chi connectivity index (χ4n) is 10.6. The van der Waals surface area contributed by atoms with Gasteiger partial charge in [-0.15, -0.1) is 0 Å². The van der Waals surface area contributed by atoms with Crippen LogP contribution < -0.4 is 9.80 Å². The second-order valence-electron chi connectivity index (χ2n) is 16.3. The van der Waals surface area contributed by atoms with E-state index in [0.717, 1.165) is 32.2 Å². The number of aryl methyl sites for hydroxylation is 2. The predicted molar refractivity (Wildman–Crippen MR) is 246 cm³/mol. The number of hydrogen-bond donors (Lipinski definition) is 0. The number of nitrogens with zero attached hydrogens (tertiary/aromatic N) is 2. The van der Waals surface area contributed by atoms with Crippen LogP contribution in [0.2, 0.25) is 0 Å². The second kappa shape index (κ2) is 13.8. The van der Waals surface area contributed by atoms with E-state index in [1.807, 2.05) is 0 Å². The summed E-state index contributed by atoms with van der Waals surface area (Å²) < 4.78 is 0. The quantitative estimate of drug-likeness (QED) is 0.150. The van der Waals surface area contributed by atoms with Crippen molar-refractivity contribution in [1.82, 2.24) is 0 Å². The molecular formula is C56H46N2. The fourth-order valence-corrected chi connectivity index (χ4v) is 10.6. The molecule has 0 aromatic heterocycles. The van der Waals surface area contributed by atoms with Gasteiger partial charge in [-0.3, -0.25) is 0 Å². The predicted octanol–water partition coefficient (Wildman–Crippen LogP) is 14.2. The van der Waals surface area contributed by atoms with E-state index in [9.17, 15) is 0 Å². The van der Waals surface area contributed by atoms with Crippen LogP contribution in [0.1, 0.15) is 64.3 Å². The van der Waals surface area contributed by atoms with Gasteiger partial charge >= 0.3 is 0 Å². The van der Waals surface area contributed by atoms with E-state index in [-0.39, 0.29) is 0 Å². The van der Waals surface area contributed by atoms with Crippen LogP contribution in [-0.4, -0.2) is 13.6 Å². The Kier molecular flexibility index (Phi) is 8.22. The second-order valence-corrected chi connectivity index (χ2v) is 16.3. The standard InChI is InChI=1S/C56H46N2/c1-3-15-40-16-4-12-25-53(40)57(2)42-31-33-47-46-32-28-38(36-51(46)56(52(47)37-42)49-23-10-8-20-44(49)45-21-9-11-24-50(45)56)27-29-39-30-34-55(48-22-7-6-19-43(39)48)58-35-14-18-41-17-5-13-26-54(41)58/h4-13,16-17,19-34,36-37H,3,14-15,18,35H2,1-2H3/b29-27+. The molecule has 0 bridgehead atoms. The summed E-state index contributed by atoms with van der Waals surface area (Å²) in [7, 11) is 2.23. The molecule has 0 saturated carbocycles. The van der Waals surface area contributed by atoms with Crippen LogP contribution >= 0.6 is 0 Å². The van der Waals surface area contributed by atoms with Crippen molar-refractivity contribution in [2.75, 3.05) is 23.4 Å². The van der Waals surface area contributed by atoms with Gasteiger partial charge in [0.15, 0.2) is 0 Å². The molecule has 1 heterocycles. The zero-order valence-electron chi connectivity index (χ0n) is 33.3. The number of hydrogen-bond acceptors (Lipinski definition) is 2. The van der Waals surface area contributed by atoms with Crippen LogP contribution in [-0.2, 0) is 18.3 Å². The van der Waals surface area contributed by atoms with E-state index in [0.29, 0.717) is 0 Å². The van der Waals surface area contributed by atoms with Crippen molar-refractivity contribution in [1.29, 1.82) is 0 Å². The molecule has 0 unspecified atom stereocenters. The zero-order valence-corrected chi connectivity index (χ0v) is 33.3. The number of para-hydroxylation sites is 2. The lowest BCUT2D eigenvalue weighted by atomic mass is 9.70. The molecule has 58 heavy (non-hydrogen) atoms. The van der Waals surface area contributed by atoms with Crippen molar-refractivity contribution >= 4 is 45.7 Å². The summed E-state index contributed by atoms with van der Waals surface area (Å²) in [6.45, 7) is 3.30. The summed E-state index contributed by atoms with van der Waals surface area (Å²) in [5.74, 6) is 0. The lowest BCUT2D eigenvalue weighted by Crippen LogP contribution is -2.26. The maximum atomic E-state index is 2.52. The molecule has 0 saturated heterocycles. The van der Waals surface area contributed by atoms with E-state index in [1.54, 1.807) is 0 Å². The molecule has 11 rings (SSSR count). The average molecular weight is 747 g/mol. The molecular weight excluding hydrogens is 701 g/mol. The summed E-state index contributed by atoms with van der Waals surface area (Å²) in [6, 6.07) is 63.9. The highest BCUT2D eigenvalue weighted by atomic mass is 15.1. The van der Waals surface area contributed by atoms with Crippen molar-refractivity contribution in [3.63, 3.8) is 0 Å². The third-order valence-electron chi connectivity index (χ3n) is 13.1. The third kappa shape index (κ3) is 5.17. The minimum absolute atomic E-state index is 0.430.